The Hall–Kier alpha value is -0.890. The van der Waals surface area contributed by atoms with E-state index in [4.69, 9.17) is 9.47 Å². The summed E-state index contributed by atoms with van der Waals surface area (Å²) in [6, 6.07) is 0. The van der Waals surface area contributed by atoms with Crippen molar-refractivity contribution in [1.29, 1.82) is 0 Å². The van der Waals surface area contributed by atoms with Crippen molar-refractivity contribution in [1.82, 2.24) is 4.90 Å². The molecule has 1 aliphatic rings. The molecule has 1 amide bonds. The molecule has 0 bridgehead atoms. The van der Waals surface area contributed by atoms with Crippen molar-refractivity contribution in [2.45, 2.75) is 32.5 Å². The maximum atomic E-state index is 12.5. The van der Waals surface area contributed by atoms with E-state index in [0.29, 0.717) is 6.54 Å². The van der Waals surface area contributed by atoms with Gasteiger partial charge in [0.05, 0.1) is 19.3 Å². The number of hydrogen-bond donors (Lipinski definition) is 0. The van der Waals surface area contributed by atoms with Crippen LogP contribution < -0.4 is 0 Å². The van der Waals surface area contributed by atoms with E-state index in [0.717, 1.165) is 0 Å². The predicted molar refractivity (Wildman–Crippen MR) is 62.4 cm³/mol. The van der Waals surface area contributed by atoms with Crippen LogP contribution in [0.4, 0.5) is 8.68 Å². The summed E-state index contributed by atoms with van der Waals surface area (Å²) in [5.41, 5.74) is -0.628. The molecule has 1 saturated heterocycles. The lowest BCUT2D eigenvalue weighted by Crippen LogP contribution is -2.49. The van der Waals surface area contributed by atoms with Crippen molar-refractivity contribution in [3.8, 4) is 0 Å². The number of carbonyl (C=O) groups is 1. The van der Waals surface area contributed by atoms with E-state index in [-0.39, 0.29) is 13.2 Å². The molecular formula is C10H18FNO5S. The molecule has 0 radical (unpaired) electrons. The summed E-state index contributed by atoms with van der Waals surface area (Å²) in [6.07, 6.45) is -1.40. The minimum Gasteiger partial charge on any atom is -0.444 e. The van der Waals surface area contributed by atoms with Crippen molar-refractivity contribution < 1.29 is 26.6 Å². The highest BCUT2D eigenvalue weighted by Crippen LogP contribution is 2.14. The molecule has 8 heteroatoms. The van der Waals surface area contributed by atoms with Crippen LogP contribution in [-0.4, -0.2) is 56.6 Å². The Morgan fingerprint density at radius 3 is 2.61 bits per heavy atom. The van der Waals surface area contributed by atoms with E-state index < -0.39 is 33.8 Å². The second-order valence-corrected chi connectivity index (χ2v) is 6.54. The number of hydrogen-bond acceptors (Lipinski definition) is 5. The second-order valence-electron chi connectivity index (χ2n) is 5.12. The highest BCUT2D eigenvalue weighted by molar-refractivity contribution is 7.86. The van der Waals surface area contributed by atoms with Gasteiger partial charge in [0.25, 0.3) is 0 Å². The summed E-state index contributed by atoms with van der Waals surface area (Å²) in [5.74, 6) is -0.744. The molecule has 0 spiro atoms. The smallest absolute Gasteiger partial charge is 0.410 e. The van der Waals surface area contributed by atoms with Gasteiger partial charge in [-0.1, -0.05) is 0 Å². The van der Waals surface area contributed by atoms with Gasteiger partial charge >= 0.3 is 16.3 Å². The van der Waals surface area contributed by atoms with Crippen molar-refractivity contribution in [3.05, 3.63) is 0 Å². The van der Waals surface area contributed by atoms with Gasteiger partial charge in [-0.05, 0) is 20.8 Å². The van der Waals surface area contributed by atoms with Gasteiger partial charge in [0, 0.05) is 6.54 Å². The highest BCUT2D eigenvalue weighted by atomic mass is 32.3. The molecule has 1 fully saturated rings. The Kier molecular flexibility index (Phi) is 4.55. The third-order valence-corrected chi connectivity index (χ3v) is 2.95. The number of halogens is 1. The summed E-state index contributed by atoms with van der Waals surface area (Å²) < 4.78 is 43.8. The fraction of sp³-hybridized carbons (Fsp3) is 0.900. The molecule has 1 aliphatic heterocycles. The first-order valence-electron chi connectivity index (χ1n) is 5.59. The molecule has 106 valence electrons. The number of amides is 1. The first-order chi connectivity index (χ1) is 8.07. The lowest BCUT2D eigenvalue weighted by Gasteiger charge is -2.33. The Balaban J connectivity index is 2.56. The molecule has 0 aromatic heterocycles. The van der Waals surface area contributed by atoms with Gasteiger partial charge in [0.1, 0.15) is 11.4 Å². The maximum Gasteiger partial charge on any atom is 0.410 e. The lowest BCUT2D eigenvalue weighted by atomic mass is 10.2. The fourth-order valence-corrected chi connectivity index (χ4v) is 2.18. The van der Waals surface area contributed by atoms with E-state index in [9.17, 15) is 17.1 Å². The van der Waals surface area contributed by atoms with Gasteiger partial charge in [-0.3, -0.25) is 0 Å². The molecule has 0 aliphatic carbocycles. The van der Waals surface area contributed by atoms with Crippen LogP contribution in [0, 0.1) is 0 Å². The zero-order valence-electron chi connectivity index (χ0n) is 10.7. The van der Waals surface area contributed by atoms with Gasteiger partial charge < -0.3 is 14.4 Å². The number of ether oxygens (including phenoxy) is 2. The SMILES string of the molecule is CC(C)(C)OC(=O)N1CCO[C@@H](CS(=O)(=O)F)C1. The Labute approximate surface area is 106 Å². The quantitative estimate of drug-likeness (QED) is 0.705. The molecule has 0 aromatic rings. The van der Waals surface area contributed by atoms with Gasteiger partial charge in [-0.15, -0.1) is 3.89 Å². The Morgan fingerprint density at radius 2 is 2.11 bits per heavy atom. The molecule has 1 heterocycles. The topological polar surface area (TPSA) is 72.9 Å². The second kappa shape index (κ2) is 5.40. The average molecular weight is 283 g/mol. The molecular weight excluding hydrogens is 265 g/mol. The third-order valence-electron chi connectivity index (χ3n) is 2.18. The maximum absolute atomic E-state index is 12.5. The highest BCUT2D eigenvalue weighted by Gasteiger charge is 2.30. The van der Waals surface area contributed by atoms with Crippen molar-refractivity contribution >= 4 is 16.3 Å². The van der Waals surface area contributed by atoms with Crippen LogP contribution in [0.25, 0.3) is 0 Å². The van der Waals surface area contributed by atoms with Gasteiger partial charge in [0.15, 0.2) is 0 Å². The van der Waals surface area contributed by atoms with Gasteiger partial charge in [0.2, 0.25) is 0 Å². The summed E-state index contributed by atoms with van der Waals surface area (Å²) in [7, 11) is -4.61. The van der Waals surface area contributed by atoms with E-state index in [1.54, 1.807) is 20.8 Å². The van der Waals surface area contributed by atoms with Crippen molar-refractivity contribution in [2.24, 2.45) is 0 Å². The van der Waals surface area contributed by atoms with Crippen LogP contribution in [0.5, 0.6) is 0 Å². The first kappa shape index (κ1) is 15.2. The number of morpholine rings is 1. The molecule has 0 N–H and O–H groups in total. The number of rotatable bonds is 2. The van der Waals surface area contributed by atoms with Crippen LogP contribution in [-0.2, 0) is 19.7 Å². The van der Waals surface area contributed by atoms with E-state index >= 15 is 0 Å². The van der Waals surface area contributed by atoms with Crippen LogP contribution in [0.1, 0.15) is 20.8 Å². The molecule has 1 rings (SSSR count). The summed E-state index contributed by atoms with van der Waals surface area (Å²) >= 11 is 0. The molecule has 6 nitrogen and oxygen atoms in total. The lowest BCUT2D eigenvalue weighted by molar-refractivity contribution is -0.0345. The van der Waals surface area contributed by atoms with E-state index in [1.165, 1.54) is 4.90 Å². The zero-order chi connectivity index (χ0) is 14.0. The van der Waals surface area contributed by atoms with E-state index in [2.05, 4.69) is 0 Å². The zero-order valence-corrected chi connectivity index (χ0v) is 11.5. The van der Waals surface area contributed by atoms with Crippen LogP contribution >= 0.6 is 0 Å². The van der Waals surface area contributed by atoms with Gasteiger partial charge in [-0.2, -0.15) is 8.42 Å². The average Bonchev–Trinajstić information content (AvgIpc) is 2.12. The van der Waals surface area contributed by atoms with Crippen LogP contribution in [0.3, 0.4) is 0 Å². The third kappa shape index (κ3) is 5.63. The fourth-order valence-electron chi connectivity index (χ4n) is 1.53. The standard InChI is InChI=1S/C10H18FNO5S/c1-10(2,3)17-9(13)12-4-5-16-8(6-12)7-18(11,14)15/h8H,4-7H2,1-3H3/t8-/m1/s1. The summed E-state index contributed by atoms with van der Waals surface area (Å²) in [4.78, 5) is 13.1. The first-order valence-corrected chi connectivity index (χ1v) is 7.14. The summed E-state index contributed by atoms with van der Waals surface area (Å²) in [6.45, 7) is 5.67. The molecule has 0 unspecified atom stereocenters. The van der Waals surface area contributed by atoms with Crippen LogP contribution in [0.2, 0.25) is 0 Å². The van der Waals surface area contributed by atoms with Gasteiger partial charge in [-0.25, -0.2) is 4.79 Å². The molecule has 0 aromatic carbocycles. The monoisotopic (exact) mass is 283 g/mol. The van der Waals surface area contributed by atoms with E-state index in [1.807, 2.05) is 0 Å². The molecule has 0 saturated carbocycles. The van der Waals surface area contributed by atoms with Crippen LogP contribution in [0.15, 0.2) is 0 Å². The Morgan fingerprint density at radius 1 is 1.50 bits per heavy atom. The minimum atomic E-state index is -4.61. The normalized spacial score (nSPS) is 21.8. The van der Waals surface area contributed by atoms with Crippen molar-refractivity contribution in [3.63, 3.8) is 0 Å². The van der Waals surface area contributed by atoms with Crippen molar-refractivity contribution in [2.75, 3.05) is 25.4 Å². The molecule has 1 atom stereocenters. The largest absolute Gasteiger partial charge is 0.444 e. The number of nitrogens with zero attached hydrogens (tertiary/aromatic N) is 1. The summed E-state index contributed by atoms with van der Waals surface area (Å²) in [5, 5.41) is 0. The predicted octanol–water partition coefficient (Wildman–Crippen LogP) is 0.922. The number of carbonyl (C=O) groups excluding carboxylic acids is 1. The minimum absolute atomic E-state index is 0.0120. The Bertz CT molecular complexity index is 403. The molecule has 18 heavy (non-hydrogen) atoms.